The number of benzene rings is 8. The first kappa shape index (κ1) is 36.6. The minimum absolute atomic E-state index is 0.0656. The maximum absolute atomic E-state index is 2.58. The van der Waals surface area contributed by atoms with Crippen LogP contribution in [0.15, 0.2) is 188 Å². The second kappa shape index (κ2) is 14.5. The predicted molar refractivity (Wildman–Crippen MR) is 260 cm³/mol. The highest BCUT2D eigenvalue weighted by atomic mass is 32.1. The monoisotopic (exact) mass is 803 g/mol. The van der Waals surface area contributed by atoms with Crippen LogP contribution in [0.2, 0.25) is 0 Å². The highest BCUT2D eigenvalue weighted by Crippen LogP contribution is 2.66. The first-order valence-electron chi connectivity index (χ1n) is 22.3. The normalized spacial score (nSPS) is 21.4. The SMILES string of the molecule is CC1CC2CC(C)C3(c4ccccc4-c4cccc(-c5ccc(-c6ccc(N(c7ccc(-c8ccccc8)cc7)c7cccc8c7sc7ccccc78)cc6)cc5)c43)C(C1)C2. The smallest absolute Gasteiger partial charge is 0.0640 e. The lowest BCUT2D eigenvalue weighted by molar-refractivity contribution is 0.0429. The molecule has 12 rings (SSSR count). The quantitative estimate of drug-likeness (QED) is 0.162. The molecule has 3 aliphatic carbocycles. The molecule has 1 nitrogen and oxygen atoms in total. The van der Waals surface area contributed by atoms with Gasteiger partial charge in [0.1, 0.15) is 0 Å². The molecule has 0 amide bonds. The molecule has 0 radical (unpaired) electrons. The summed E-state index contributed by atoms with van der Waals surface area (Å²) in [6.45, 7) is 5.09. The van der Waals surface area contributed by atoms with E-state index in [1.54, 1.807) is 11.1 Å². The van der Waals surface area contributed by atoms with E-state index < -0.39 is 0 Å². The molecule has 1 aromatic heterocycles. The van der Waals surface area contributed by atoms with Gasteiger partial charge < -0.3 is 4.90 Å². The van der Waals surface area contributed by atoms with Gasteiger partial charge in [0.05, 0.1) is 10.4 Å². The largest absolute Gasteiger partial charge is 0.309 e. The zero-order valence-electron chi connectivity index (χ0n) is 34.9. The van der Waals surface area contributed by atoms with Crippen molar-refractivity contribution in [3.05, 3.63) is 199 Å². The van der Waals surface area contributed by atoms with Crippen molar-refractivity contribution in [1.82, 2.24) is 0 Å². The van der Waals surface area contributed by atoms with E-state index in [4.69, 9.17) is 0 Å². The Labute approximate surface area is 364 Å². The molecule has 5 atom stereocenters. The summed E-state index contributed by atoms with van der Waals surface area (Å²) >= 11 is 1.88. The van der Waals surface area contributed by atoms with Crippen LogP contribution in [-0.4, -0.2) is 0 Å². The van der Waals surface area contributed by atoms with Crippen molar-refractivity contribution in [3.63, 3.8) is 0 Å². The molecule has 0 N–H and O–H groups in total. The van der Waals surface area contributed by atoms with Gasteiger partial charge in [-0.3, -0.25) is 0 Å². The van der Waals surface area contributed by atoms with E-state index in [-0.39, 0.29) is 5.41 Å². The lowest BCUT2D eigenvalue weighted by Crippen LogP contribution is -2.49. The van der Waals surface area contributed by atoms with E-state index in [9.17, 15) is 0 Å². The number of fused-ring (bicyclic) bond motifs is 11. The Balaban J connectivity index is 0.918. The molecule has 2 saturated carbocycles. The van der Waals surface area contributed by atoms with Gasteiger partial charge in [-0.25, -0.2) is 0 Å². The molecule has 0 saturated heterocycles. The maximum Gasteiger partial charge on any atom is 0.0640 e. The number of hydrogen-bond donors (Lipinski definition) is 0. The van der Waals surface area contributed by atoms with Gasteiger partial charge in [0.25, 0.3) is 0 Å². The average Bonchev–Trinajstić information content (AvgIpc) is 3.84. The molecule has 1 heterocycles. The number of hydrogen-bond acceptors (Lipinski definition) is 2. The molecule has 2 fully saturated rings. The third-order valence-corrected chi connectivity index (χ3v) is 16.0. The Kier molecular flexibility index (Phi) is 8.68. The van der Waals surface area contributed by atoms with Crippen LogP contribution in [0.1, 0.15) is 50.7 Å². The van der Waals surface area contributed by atoms with Crippen LogP contribution in [0.3, 0.4) is 0 Å². The van der Waals surface area contributed by atoms with Gasteiger partial charge in [0.15, 0.2) is 0 Å². The Morgan fingerprint density at radius 3 is 1.79 bits per heavy atom. The number of anilines is 3. The molecule has 1 spiro atoms. The minimum Gasteiger partial charge on any atom is -0.309 e. The van der Waals surface area contributed by atoms with Crippen molar-refractivity contribution in [1.29, 1.82) is 0 Å². The molecule has 2 heteroatoms. The fraction of sp³-hybridized carbons (Fsp3) is 0.186. The molecule has 3 aliphatic rings. The Morgan fingerprint density at radius 2 is 1.03 bits per heavy atom. The molecule has 2 bridgehead atoms. The maximum atomic E-state index is 2.58. The van der Waals surface area contributed by atoms with E-state index in [0.717, 1.165) is 23.2 Å². The van der Waals surface area contributed by atoms with E-state index in [1.807, 2.05) is 11.3 Å². The van der Waals surface area contributed by atoms with Crippen LogP contribution in [0.25, 0.3) is 64.7 Å². The predicted octanol–water partition coefficient (Wildman–Crippen LogP) is 16.9. The van der Waals surface area contributed by atoms with Crippen molar-refractivity contribution < 1.29 is 0 Å². The van der Waals surface area contributed by atoms with E-state index >= 15 is 0 Å². The van der Waals surface area contributed by atoms with E-state index in [2.05, 4.69) is 207 Å². The molecule has 61 heavy (non-hydrogen) atoms. The zero-order valence-corrected chi connectivity index (χ0v) is 35.7. The summed E-state index contributed by atoms with van der Waals surface area (Å²) in [6.07, 6.45) is 5.42. The van der Waals surface area contributed by atoms with Gasteiger partial charge in [0.2, 0.25) is 0 Å². The number of thiophene rings is 1. The summed E-state index contributed by atoms with van der Waals surface area (Å²) in [6, 6.07) is 70.5. The lowest BCUT2D eigenvalue weighted by atomic mass is 9.49. The summed E-state index contributed by atoms with van der Waals surface area (Å²) in [4.78, 5) is 2.44. The number of rotatable bonds is 6. The summed E-state index contributed by atoms with van der Waals surface area (Å²) in [5.74, 6) is 2.94. The van der Waals surface area contributed by atoms with Crippen LogP contribution >= 0.6 is 11.3 Å². The van der Waals surface area contributed by atoms with Gasteiger partial charge in [0, 0.05) is 32.3 Å². The highest BCUT2D eigenvalue weighted by molar-refractivity contribution is 7.26. The molecule has 8 aromatic carbocycles. The fourth-order valence-corrected chi connectivity index (χ4v) is 13.6. The van der Waals surface area contributed by atoms with Gasteiger partial charge in [-0.05, 0) is 141 Å². The second-order valence-corrected chi connectivity index (χ2v) is 19.3. The fourth-order valence-electron chi connectivity index (χ4n) is 12.4. The van der Waals surface area contributed by atoms with Crippen LogP contribution in [0.4, 0.5) is 17.1 Å². The molecule has 5 unspecified atom stereocenters. The lowest BCUT2D eigenvalue weighted by Gasteiger charge is -2.54. The zero-order chi connectivity index (χ0) is 40.7. The van der Waals surface area contributed by atoms with E-state index in [0.29, 0.717) is 11.8 Å². The molecule has 9 aromatic rings. The standard InChI is InChI=1S/C59H49NS/c1-38-34-40-36-39(2)59(46(35-38)37-40)54-19-8-6-14-50(54)52-17-10-16-49(57(52)59)45-24-22-42(23-25-45)44-28-32-48(33-29-44)60(47-30-26-43(27-31-47)41-12-4-3-5-13-41)55-20-11-18-53-51-15-7-9-21-56(51)61-58(53)55/h3-33,38-40,46H,34-37H2,1-2H3. The Bertz CT molecular complexity index is 3060. The first-order chi connectivity index (χ1) is 30.0. The Hall–Kier alpha value is -6.22. The van der Waals surface area contributed by atoms with Crippen molar-refractivity contribution in [2.45, 2.75) is 44.9 Å². The van der Waals surface area contributed by atoms with Crippen LogP contribution < -0.4 is 4.90 Å². The topological polar surface area (TPSA) is 3.24 Å². The van der Waals surface area contributed by atoms with Gasteiger partial charge in [-0.1, -0.05) is 166 Å². The van der Waals surface area contributed by atoms with Crippen molar-refractivity contribution in [3.8, 4) is 44.5 Å². The Morgan fingerprint density at radius 1 is 0.459 bits per heavy atom. The van der Waals surface area contributed by atoms with Crippen molar-refractivity contribution >= 4 is 48.6 Å². The summed E-state index contributed by atoms with van der Waals surface area (Å²) < 4.78 is 2.61. The molecular formula is C59H49NS. The first-order valence-corrected chi connectivity index (χ1v) is 23.2. The summed E-state index contributed by atoms with van der Waals surface area (Å²) in [5.41, 5.74) is 17.3. The summed E-state index contributed by atoms with van der Waals surface area (Å²) in [7, 11) is 0. The molecule has 0 aliphatic heterocycles. The third kappa shape index (κ3) is 5.79. The van der Waals surface area contributed by atoms with Gasteiger partial charge >= 0.3 is 0 Å². The highest BCUT2D eigenvalue weighted by Gasteiger charge is 2.57. The van der Waals surface area contributed by atoms with Crippen molar-refractivity contribution in [2.24, 2.45) is 23.7 Å². The van der Waals surface area contributed by atoms with E-state index in [1.165, 1.54) is 96.1 Å². The average molecular weight is 804 g/mol. The second-order valence-electron chi connectivity index (χ2n) is 18.3. The summed E-state index contributed by atoms with van der Waals surface area (Å²) in [5, 5.41) is 2.61. The third-order valence-electron chi connectivity index (χ3n) is 14.8. The molecular weight excluding hydrogens is 755 g/mol. The van der Waals surface area contributed by atoms with Crippen LogP contribution in [0.5, 0.6) is 0 Å². The minimum atomic E-state index is 0.0656. The van der Waals surface area contributed by atoms with Crippen molar-refractivity contribution in [2.75, 3.05) is 4.90 Å². The van der Waals surface area contributed by atoms with Gasteiger partial charge in [-0.15, -0.1) is 11.3 Å². The molecule has 296 valence electrons. The van der Waals surface area contributed by atoms with Crippen LogP contribution in [0, 0.1) is 23.7 Å². The van der Waals surface area contributed by atoms with Gasteiger partial charge in [-0.2, -0.15) is 0 Å². The van der Waals surface area contributed by atoms with Crippen LogP contribution in [-0.2, 0) is 5.41 Å². The number of nitrogens with zero attached hydrogens (tertiary/aromatic N) is 1.